The van der Waals surface area contributed by atoms with Crippen LogP contribution in [0.25, 0.3) is 0 Å². The van der Waals surface area contributed by atoms with Gasteiger partial charge < -0.3 is 5.32 Å². The number of aryl methyl sites for hydroxylation is 1. The van der Waals surface area contributed by atoms with Gasteiger partial charge in [0.15, 0.2) is 0 Å². The SMILES string of the molecule is CC(CNC1CCCc2ccccc21)N(C)C1CC1. The van der Waals surface area contributed by atoms with Gasteiger partial charge in [0.25, 0.3) is 0 Å². The van der Waals surface area contributed by atoms with Crippen molar-refractivity contribution in [2.75, 3.05) is 13.6 Å². The lowest BCUT2D eigenvalue weighted by Crippen LogP contribution is -2.40. The van der Waals surface area contributed by atoms with E-state index in [9.17, 15) is 0 Å². The molecule has 0 saturated heterocycles. The monoisotopic (exact) mass is 258 g/mol. The molecular weight excluding hydrogens is 232 g/mol. The average Bonchev–Trinajstić information content (AvgIpc) is 3.28. The zero-order valence-electron chi connectivity index (χ0n) is 12.2. The van der Waals surface area contributed by atoms with Gasteiger partial charge in [-0.05, 0) is 57.2 Å². The van der Waals surface area contributed by atoms with E-state index in [1.165, 1.54) is 37.7 Å². The Morgan fingerprint density at radius 1 is 1.26 bits per heavy atom. The fourth-order valence-corrected chi connectivity index (χ4v) is 3.26. The molecule has 0 aromatic heterocycles. The van der Waals surface area contributed by atoms with Gasteiger partial charge in [-0.15, -0.1) is 0 Å². The Morgan fingerprint density at radius 2 is 2.05 bits per heavy atom. The first-order chi connectivity index (χ1) is 9.25. The maximum Gasteiger partial charge on any atom is 0.0323 e. The summed E-state index contributed by atoms with van der Waals surface area (Å²) in [5.74, 6) is 0. The van der Waals surface area contributed by atoms with Crippen molar-refractivity contribution < 1.29 is 0 Å². The van der Waals surface area contributed by atoms with Gasteiger partial charge in [-0.1, -0.05) is 24.3 Å². The van der Waals surface area contributed by atoms with Gasteiger partial charge in [0.2, 0.25) is 0 Å². The van der Waals surface area contributed by atoms with Gasteiger partial charge in [-0.3, -0.25) is 4.90 Å². The van der Waals surface area contributed by atoms with E-state index in [1.807, 2.05) is 0 Å². The number of likely N-dealkylation sites (N-methyl/N-ethyl adjacent to an activating group) is 1. The Hall–Kier alpha value is -0.860. The van der Waals surface area contributed by atoms with Gasteiger partial charge in [-0.2, -0.15) is 0 Å². The summed E-state index contributed by atoms with van der Waals surface area (Å²) >= 11 is 0. The minimum atomic E-state index is 0.569. The Balaban J connectivity index is 1.58. The Labute approximate surface area is 117 Å². The Kier molecular flexibility index (Phi) is 3.90. The molecule has 1 aromatic carbocycles. The van der Waals surface area contributed by atoms with Crippen molar-refractivity contribution in [1.29, 1.82) is 0 Å². The van der Waals surface area contributed by atoms with Crippen LogP contribution in [0.4, 0.5) is 0 Å². The van der Waals surface area contributed by atoms with Crippen LogP contribution in [-0.2, 0) is 6.42 Å². The molecule has 2 heteroatoms. The van der Waals surface area contributed by atoms with Crippen LogP contribution in [0.1, 0.15) is 49.8 Å². The molecule has 0 radical (unpaired) electrons. The minimum Gasteiger partial charge on any atom is -0.308 e. The summed E-state index contributed by atoms with van der Waals surface area (Å²) in [6.45, 7) is 3.45. The van der Waals surface area contributed by atoms with Crippen LogP contribution in [-0.4, -0.2) is 30.6 Å². The molecule has 2 aliphatic rings. The molecular formula is C17H26N2. The number of hydrogen-bond donors (Lipinski definition) is 1. The molecule has 1 N–H and O–H groups in total. The van der Waals surface area contributed by atoms with Gasteiger partial charge in [0.1, 0.15) is 0 Å². The fourth-order valence-electron chi connectivity index (χ4n) is 3.26. The van der Waals surface area contributed by atoms with E-state index in [0.29, 0.717) is 12.1 Å². The van der Waals surface area contributed by atoms with Crippen LogP contribution in [0.5, 0.6) is 0 Å². The lowest BCUT2D eigenvalue weighted by molar-refractivity contribution is 0.233. The summed E-state index contributed by atoms with van der Waals surface area (Å²) in [6, 6.07) is 11.0. The number of rotatable bonds is 5. The summed E-state index contributed by atoms with van der Waals surface area (Å²) in [5.41, 5.74) is 3.09. The normalized spacial score (nSPS) is 24.3. The van der Waals surface area contributed by atoms with Crippen LogP contribution in [0.15, 0.2) is 24.3 Å². The standard InChI is InChI=1S/C17H26N2/c1-13(19(2)15-10-11-15)12-18-17-9-5-7-14-6-3-4-8-16(14)17/h3-4,6,8,13,15,17-18H,5,7,9-12H2,1-2H3. The third kappa shape index (κ3) is 3.01. The second-order valence-electron chi connectivity index (χ2n) is 6.30. The third-order valence-electron chi connectivity index (χ3n) is 4.85. The molecule has 0 amide bonds. The minimum absolute atomic E-state index is 0.569. The molecule has 19 heavy (non-hydrogen) atoms. The maximum absolute atomic E-state index is 3.80. The van der Waals surface area contributed by atoms with Crippen molar-refractivity contribution in [3.63, 3.8) is 0 Å². The first-order valence-electron chi connectivity index (χ1n) is 7.79. The summed E-state index contributed by atoms with van der Waals surface area (Å²) in [6.07, 6.45) is 6.66. The third-order valence-corrected chi connectivity index (χ3v) is 4.85. The highest BCUT2D eigenvalue weighted by Crippen LogP contribution is 2.30. The van der Waals surface area contributed by atoms with E-state index in [2.05, 4.69) is 48.5 Å². The Bertz CT molecular complexity index is 425. The summed E-state index contributed by atoms with van der Waals surface area (Å²) in [4.78, 5) is 2.54. The molecule has 2 aliphatic carbocycles. The van der Waals surface area contributed by atoms with Crippen LogP contribution in [0.2, 0.25) is 0 Å². The molecule has 0 aliphatic heterocycles. The zero-order valence-corrected chi connectivity index (χ0v) is 12.2. The van der Waals surface area contributed by atoms with E-state index in [0.717, 1.165) is 12.6 Å². The molecule has 0 spiro atoms. The first kappa shape index (κ1) is 13.1. The molecule has 2 atom stereocenters. The van der Waals surface area contributed by atoms with Crippen molar-refractivity contribution in [2.24, 2.45) is 0 Å². The lowest BCUT2D eigenvalue weighted by atomic mass is 9.87. The molecule has 0 heterocycles. The first-order valence-corrected chi connectivity index (χ1v) is 7.79. The van der Waals surface area contributed by atoms with Gasteiger partial charge in [0.05, 0.1) is 0 Å². The molecule has 1 fully saturated rings. The van der Waals surface area contributed by atoms with Gasteiger partial charge in [0, 0.05) is 24.7 Å². The highest BCUT2D eigenvalue weighted by Gasteiger charge is 2.29. The average molecular weight is 258 g/mol. The Morgan fingerprint density at radius 3 is 2.84 bits per heavy atom. The summed E-state index contributed by atoms with van der Waals surface area (Å²) in [5, 5.41) is 3.80. The van der Waals surface area contributed by atoms with E-state index in [4.69, 9.17) is 0 Å². The lowest BCUT2D eigenvalue weighted by Gasteiger charge is -2.30. The topological polar surface area (TPSA) is 15.3 Å². The van der Waals surface area contributed by atoms with Gasteiger partial charge >= 0.3 is 0 Å². The number of nitrogens with one attached hydrogen (secondary N) is 1. The van der Waals surface area contributed by atoms with Gasteiger partial charge in [-0.25, -0.2) is 0 Å². The molecule has 2 unspecified atom stereocenters. The van der Waals surface area contributed by atoms with Crippen LogP contribution in [0, 0.1) is 0 Å². The fraction of sp³-hybridized carbons (Fsp3) is 0.647. The molecule has 104 valence electrons. The molecule has 0 bridgehead atoms. The molecule has 2 nitrogen and oxygen atoms in total. The maximum atomic E-state index is 3.80. The van der Waals surface area contributed by atoms with E-state index < -0.39 is 0 Å². The smallest absolute Gasteiger partial charge is 0.0323 e. The van der Waals surface area contributed by atoms with E-state index in [1.54, 1.807) is 5.56 Å². The number of benzene rings is 1. The van der Waals surface area contributed by atoms with Crippen molar-refractivity contribution in [3.8, 4) is 0 Å². The van der Waals surface area contributed by atoms with E-state index in [-0.39, 0.29) is 0 Å². The predicted molar refractivity (Wildman–Crippen MR) is 80.4 cm³/mol. The zero-order chi connectivity index (χ0) is 13.2. The second kappa shape index (κ2) is 5.64. The molecule has 3 rings (SSSR count). The predicted octanol–water partition coefficient (Wildman–Crippen LogP) is 3.14. The highest BCUT2D eigenvalue weighted by atomic mass is 15.2. The summed E-state index contributed by atoms with van der Waals surface area (Å²) < 4.78 is 0. The molecule has 1 saturated carbocycles. The largest absolute Gasteiger partial charge is 0.308 e. The van der Waals surface area contributed by atoms with Crippen LogP contribution >= 0.6 is 0 Å². The highest BCUT2D eigenvalue weighted by molar-refractivity contribution is 5.32. The van der Waals surface area contributed by atoms with Crippen molar-refractivity contribution in [3.05, 3.63) is 35.4 Å². The van der Waals surface area contributed by atoms with Crippen LogP contribution in [0.3, 0.4) is 0 Å². The van der Waals surface area contributed by atoms with Crippen molar-refractivity contribution in [1.82, 2.24) is 10.2 Å². The van der Waals surface area contributed by atoms with Crippen molar-refractivity contribution >= 4 is 0 Å². The van der Waals surface area contributed by atoms with E-state index >= 15 is 0 Å². The summed E-state index contributed by atoms with van der Waals surface area (Å²) in [7, 11) is 2.28. The van der Waals surface area contributed by atoms with Crippen LogP contribution < -0.4 is 5.32 Å². The van der Waals surface area contributed by atoms with Crippen molar-refractivity contribution in [2.45, 2.75) is 57.2 Å². The second-order valence-corrected chi connectivity index (χ2v) is 6.30. The quantitative estimate of drug-likeness (QED) is 0.873. The number of nitrogens with zero attached hydrogens (tertiary/aromatic N) is 1. The number of fused-ring (bicyclic) bond motifs is 1. The molecule has 1 aromatic rings. The number of hydrogen-bond acceptors (Lipinski definition) is 2.